The molecule has 18 heavy (non-hydrogen) atoms. The molecule has 1 aromatic carbocycles. The zero-order valence-electron chi connectivity index (χ0n) is 9.57. The number of fused-ring (bicyclic) bond motifs is 1. The van der Waals surface area contributed by atoms with Crippen molar-refractivity contribution < 1.29 is 13.5 Å². The molecule has 5 heteroatoms. The fourth-order valence-corrected chi connectivity index (χ4v) is 2.05. The number of benzene rings is 1. The van der Waals surface area contributed by atoms with Crippen molar-refractivity contribution in [2.45, 2.75) is 25.4 Å². The third-order valence-electron chi connectivity index (χ3n) is 3.07. The average molecular weight is 250 g/mol. The molecule has 1 fully saturated rings. The van der Waals surface area contributed by atoms with Gasteiger partial charge in [-0.05, 0) is 25.0 Å². The third-order valence-corrected chi connectivity index (χ3v) is 3.07. The molecule has 1 heterocycles. The number of rotatable bonds is 3. The van der Waals surface area contributed by atoms with E-state index in [1.165, 1.54) is 6.07 Å². The molecule has 2 N–H and O–H groups in total. The van der Waals surface area contributed by atoms with Crippen molar-refractivity contribution in [3.63, 3.8) is 0 Å². The molecule has 3 nitrogen and oxygen atoms in total. The summed E-state index contributed by atoms with van der Waals surface area (Å²) in [6.45, 7) is -2.86. The maximum absolute atomic E-state index is 12.3. The fourth-order valence-electron chi connectivity index (χ4n) is 2.05. The number of para-hydroxylation sites is 1. The fraction of sp³-hybridized carbons (Fsp3) is 0.308. The number of hydrogen-bond acceptors (Lipinski definition) is 3. The van der Waals surface area contributed by atoms with Crippen LogP contribution in [0, 0.1) is 0 Å². The van der Waals surface area contributed by atoms with Crippen molar-refractivity contribution in [2.75, 3.05) is 5.73 Å². The van der Waals surface area contributed by atoms with Crippen molar-refractivity contribution in [3.8, 4) is 5.75 Å². The van der Waals surface area contributed by atoms with Gasteiger partial charge in [-0.15, -0.1) is 0 Å². The Morgan fingerprint density at radius 3 is 2.78 bits per heavy atom. The zero-order chi connectivity index (χ0) is 12.7. The molecule has 3 rings (SSSR count). The molecule has 0 spiro atoms. The van der Waals surface area contributed by atoms with Crippen LogP contribution in [0.15, 0.2) is 24.3 Å². The highest BCUT2D eigenvalue weighted by atomic mass is 19.3. The molecule has 0 saturated heterocycles. The molecule has 0 atom stereocenters. The average Bonchev–Trinajstić information content (AvgIpc) is 3.13. The van der Waals surface area contributed by atoms with Crippen molar-refractivity contribution in [2.24, 2.45) is 0 Å². The van der Waals surface area contributed by atoms with Gasteiger partial charge in [-0.1, -0.05) is 12.1 Å². The van der Waals surface area contributed by atoms with Gasteiger partial charge in [-0.2, -0.15) is 8.78 Å². The van der Waals surface area contributed by atoms with Gasteiger partial charge in [0.25, 0.3) is 0 Å². The summed E-state index contributed by atoms with van der Waals surface area (Å²) in [4.78, 5) is 4.41. The summed E-state index contributed by atoms with van der Waals surface area (Å²) >= 11 is 0. The lowest BCUT2D eigenvalue weighted by atomic mass is 10.1. The van der Waals surface area contributed by atoms with Gasteiger partial charge in [0, 0.05) is 22.7 Å². The number of nitrogens with two attached hydrogens (primary N) is 1. The van der Waals surface area contributed by atoms with Crippen LogP contribution in [-0.4, -0.2) is 11.6 Å². The summed E-state index contributed by atoms with van der Waals surface area (Å²) in [5.41, 5.74) is 7.78. The lowest BCUT2D eigenvalue weighted by Gasteiger charge is -2.10. The topological polar surface area (TPSA) is 48.1 Å². The van der Waals surface area contributed by atoms with E-state index in [1.807, 2.05) is 6.07 Å². The Hall–Kier alpha value is -1.91. The lowest BCUT2D eigenvalue weighted by Crippen LogP contribution is -2.04. The van der Waals surface area contributed by atoms with Crippen LogP contribution >= 0.6 is 0 Å². The van der Waals surface area contributed by atoms with E-state index in [0.29, 0.717) is 22.5 Å². The third kappa shape index (κ3) is 1.96. The number of hydrogen-bond donors (Lipinski definition) is 1. The van der Waals surface area contributed by atoms with E-state index in [1.54, 1.807) is 12.1 Å². The molecule has 0 bridgehead atoms. The van der Waals surface area contributed by atoms with Gasteiger partial charge >= 0.3 is 6.61 Å². The van der Waals surface area contributed by atoms with Gasteiger partial charge in [-0.3, -0.25) is 0 Å². The Labute approximate surface area is 103 Å². The van der Waals surface area contributed by atoms with E-state index < -0.39 is 6.61 Å². The number of aromatic nitrogens is 1. The maximum atomic E-state index is 12.3. The number of pyridine rings is 1. The van der Waals surface area contributed by atoms with E-state index >= 15 is 0 Å². The summed E-state index contributed by atoms with van der Waals surface area (Å²) in [5.74, 6) is 0.494. The molecular formula is C13H12F2N2O. The van der Waals surface area contributed by atoms with Crippen LogP contribution < -0.4 is 10.5 Å². The first-order valence-corrected chi connectivity index (χ1v) is 5.79. The molecule has 0 amide bonds. The second-order valence-corrected chi connectivity index (χ2v) is 4.44. The Bertz CT molecular complexity index is 597. The Balaban J connectivity index is 2.17. The molecule has 1 aromatic heterocycles. The van der Waals surface area contributed by atoms with Gasteiger partial charge in [-0.25, -0.2) is 4.98 Å². The molecule has 1 saturated carbocycles. The highest BCUT2D eigenvalue weighted by Gasteiger charge is 2.26. The van der Waals surface area contributed by atoms with Crippen molar-refractivity contribution in [1.82, 2.24) is 4.98 Å². The minimum atomic E-state index is -2.86. The maximum Gasteiger partial charge on any atom is 0.387 e. The second kappa shape index (κ2) is 4.08. The molecular weight excluding hydrogens is 238 g/mol. The normalized spacial score (nSPS) is 15.3. The van der Waals surface area contributed by atoms with E-state index in [2.05, 4.69) is 9.72 Å². The zero-order valence-corrected chi connectivity index (χ0v) is 9.57. The highest BCUT2D eigenvalue weighted by molar-refractivity contribution is 5.94. The number of halogens is 2. The minimum Gasteiger partial charge on any atom is -0.432 e. The summed E-state index contributed by atoms with van der Waals surface area (Å²) in [7, 11) is 0. The van der Waals surface area contributed by atoms with Crippen LogP contribution in [0.2, 0.25) is 0 Å². The summed E-state index contributed by atoms with van der Waals surface area (Å²) < 4.78 is 29.2. The van der Waals surface area contributed by atoms with Gasteiger partial charge in [0.05, 0.1) is 0 Å². The summed E-state index contributed by atoms with van der Waals surface area (Å²) in [6.07, 6.45) is 2.16. The Morgan fingerprint density at radius 1 is 1.33 bits per heavy atom. The van der Waals surface area contributed by atoms with Gasteiger partial charge < -0.3 is 10.5 Å². The molecule has 0 radical (unpaired) electrons. The van der Waals surface area contributed by atoms with Crippen LogP contribution in [0.5, 0.6) is 5.75 Å². The molecule has 2 aromatic rings. The predicted octanol–water partition coefficient (Wildman–Crippen LogP) is 3.30. The SMILES string of the molecule is Nc1cc(C2CC2)nc2c(OC(F)F)cccc12. The Kier molecular flexibility index (Phi) is 2.54. The van der Waals surface area contributed by atoms with E-state index in [9.17, 15) is 8.78 Å². The van der Waals surface area contributed by atoms with Crippen LogP contribution in [0.4, 0.5) is 14.5 Å². The minimum absolute atomic E-state index is 0.0803. The second-order valence-electron chi connectivity index (χ2n) is 4.44. The highest BCUT2D eigenvalue weighted by Crippen LogP contribution is 2.41. The first-order chi connectivity index (χ1) is 8.65. The predicted molar refractivity (Wildman–Crippen MR) is 64.8 cm³/mol. The van der Waals surface area contributed by atoms with Crippen molar-refractivity contribution >= 4 is 16.6 Å². The van der Waals surface area contributed by atoms with Crippen LogP contribution in [0.3, 0.4) is 0 Å². The van der Waals surface area contributed by atoms with E-state index in [0.717, 1.165) is 18.5 Å². The summed E-state index contributed by atoms with van der Waals surface area (Å²) in [6, 6.07) is 6.70. The molecule has 1 aliphatic carbocycles. The number of alkyl halides is 2. The standard InChI is InChI=1S/C13H12F2N2O/c14-13(15)18-11-3-1-2-8-9(16)6-10(7-4-5-7)17-12(8)11/h1-3,6-7,13H,4-5H2,(H2,16,17). The first kappa shape index (κ1) is 11.2. The smallest absolute Gasteiger partial charge is 0.387 e. The summed E-state index contributed by atoms with van der Waals surface area (Å²) in [5, 5.41) is 0.651. The van der Waals surface area contributed by atoms with Crippen LogP contribution in [0.1, 0.15) is 24.5 Å². The molecule has 0 unspecified atom stereocenters. The quantitative estimate of drug-likeness (QED) is 0.909. The first-order valence-electron chi connectivity index (χ1n) is 5.79. The van der Waals surface area contributed by atoms with Crippen LogP contribution in [-0.2, 0) is 0 Å². The Morgan fingerprint density at radius 2 is 2.11 bits per heavy atom. The van der Waals surface area contributed by atoms with Gasteiger partial charge in [0.15, 0.2) is 5.75 Å². The van der Waals surface area contributed by atoms with E-state index in [4.69, 9.17) is 5.73 Å². The van der Waals surface area contributed by atoms with E-state index in [-0.39, 0.29) is 5.75 Å². The number of anilines is 1. The molecule has 94 valence electrons. The van der Waals surface area contributed by atoms with Gasteiger partial charge in [0.2, 0.25) is 0 Å². The molecule has 1 aliphatic rings. The monoisotopic (exact) mass is 250 g/mol. The van der Waals surface area contributed by atoms with Crippen molar-refractivity contribution in [1.29, 1.82) is 0 Å². The number of nitrogen functional groups attached to an aromatic ring is 1. The van der Waals surface area contributed by atoms with Gasteiger partial charge in [0.1, 0.15) is 5.52 Å². The lowest BCUT2D eigenvalue weighted by molar-refractivity contribution is -0.0489. The number of ether oxygens (including phenoxy) is 1. The largest absolute Gasteiger partial charge is 0.432 e. The van der Waals surface area contributed by atoms with Crippen molar-refractivity contribution in [3.05, 3.63) is 30.0 Å². The van der Waals surface area contributed by atoms with Crippen LogP contribution in [0.25, 0.3) is 10.9 Å². The number of nitrogens with zero attached hydrogens (tertiary/aromatic N) is 1. The molecule has 0 aliphatic heterocycles.